The van der Waals surface area contributed by atoms with E-state index in [9.17, 15) is 4.79 Å². The van der Waals surface area contributed by atoms with Crippen LogP contribution >= 0.6 is 11.3 Å². The maximum absolute atomic E-state index is 11.4. The van der Waals surface area contributed by atoms with Crippen LogP contribution in [0.4, 0.5) is 10.7 Å². The average Bonchev–Trinajstić information content (AvgIpc) is 2.54. The average molecular weight is 283 g/mol. The van der Waals surface area contributed by atoms with Gasteiger partial charge < -0.3 is 21.1 Å². The molecule has 0 bridgehead atoms. The first-order chi connectivity index (χ1) is 9.04. The van der Waals surface area contributed by atoms with Gasteiger partial charge in [0.2, 0.25) is 0 Å². The molecule has 1 aliphatic heterocycles. The molecule has 1 atom stereocenters. The zero-order valence-electron chi connectivity index (χ0n) is 11.4. The quantitative estimate of drug-likeness (QED) is 0.889. The van der Waals surface area contributed by atoms with Crippen molar-refractivity contribution >= 4 is 27.9 Å². The zero-order chi connectivity index (χ0) is 14.0. The van der Waals surface area contributed by atoms with E-state index in [1.807, 2.05) is 0 Å². The summed E-state index contributed by atoms with van der Waals surface area (Å²) in [5.74, 6) is 0.840. The summed E-state index contributed by atoms with van der Waals surface area (Å²) in [6.45, 7) is 4.22. The monoisotopic (exact) mass is 283 g/mol. The maximum atomic E-state index is 11.4. The number of nitrogens with zero attached hydrogens (tertiary/aromatic N) is 1. The van der Waals surface area contributed by atoms with Crippen molar-refractivity contribution < 1.29 is 9.53 Å². The number of ether oxygens (including phenoxy) is 1. The van der Waals surface area contributed by atoms with Crippen LogP contribution in [0.1, 0.15) is 35.9 Å². The molecule has 4 N–H and O–H groups in total. The van der Waals surface area contributed by atoms with Gasteiger partial charge in [0.15, 0.2) is 5.75 Å². The molecule has 1 unspecified atom stereocenters. The number of anilines is 2. The van der Waals surface area contributed by atoms with Gasteiger partial charge in [0, 0.05) is 13.1 Å². The van der Waals surface area contributed by atoms with E-state index in [1.165, 1.54) is 17.8 Å². The van der Waals surface area contributed by atoms with Gasteiger partial charge in [-0.25, -0.2) is 0 Å². The lowest BCUT2D eigenvalue weighted by Gasteiger charge is -2.21. The first kappa shape index (κ1) is 14.0. The molecule has 6 heteroatoms. The first-order valence-corrected chi connectivity index (χ1v) is 7.37. The number of nitrogen functional groups attached to an aromatic ring is 1. The van der Waals surface area contributed by atoms with Gasteiger partial charge in [-0.15, -0.1) is 11.3 Å². The molecule has 1 aliphatic rings. The van der Waals surface area contributed by atoms with Crippen LogP contribution in [0.15, 0.2) is 0 Å². The Morgan fingerprint density at radius 1 is 1.42 bits per heavy atom. The van der Waals surface area contributed by atoms with E-state index in [1.54, 1.807) is 7.11 Å². The number of rotatable bonds is 3. The molecule has 0 aliphatic carbocycles. The predicted molar refractivity (Wildman–Crippen MR) is 79.0 cm³/mol. The van der Waals surface area contributed by atoms with Crippen LogP contribution in [0.2, 0.25) is 0 Å². The van der Waals surface area contributed by atoms with Gasteiger partial charge in [-0.1, -0.05) is 6.92 Å². The summed E-state index contributed by atoms with van der Waals surface area (Å²) in [7, 11) is 1.58. The fraction of sp³-hybridized carbons (Fsp3) is 0.615. The largest absolute Gasteiger partial charge is 0.492 e. The molecule has 106 valence electrons. The summed E-state index contributed by atoms with van der Waals surface area (Å²) in [6, 6.07) is 0. The van der Waals surface area contributed by atoms with Crippen molar-refractivity contribution in [2.24, 2.45) is 11.7 Å². The SMILES string of the molecule is COc1c(N2CCCC(C)CC2)sc(C(N)=O)c1N. The highest BCUT2D eigenvalue weighted by molar-refractivity contribution is 7.19. The minimum atomic E-state index is -0.491. The van der Waals surface area contributed by atoms with Crippen LogP contribution < -0.4 is 21.1 Å². The second-order valence-electron chi connectivity index (χ2n) is 5.07. The van der Waals surface area contributed by atoms with Crippen LogP contribution in [0.25, 0.3) is 0 Å². The highest BCUT2D eigenvalue weighted by atomic mass is 32.1. The Morgan fingerprint density at radius 3 is 2.79 bits per heavy atom. The maximum Gasteiger partial charge on any atom is 0.261 e. The van der Waals surface area contributed by atoms with Gasteiger partial charge in [0.1, 0.15) is 15.6 Å². The molecular formula is C13H21N3O2S. The molecular weight excluding hydrogens is 262 g/mol. The number of thiophene rings is 1. The molecule has 1 aromatic heterocycles. The number of nitrogens with two attached hydrogens (primary N) is 2. The van der Waals surface area contributed by atoms with Crippen LogP contribution in [0.5, 0.6) is 5.75 Å². The minimum Gasteiger partial charge on any atom is -0.492 e. The first-order valence-electron chi connectivity index (χ1n) is 6.55. The van der Waals surface area contributed by atoms with Crippen molar-refractivity contribution in [2.75, 3.05) is 30.8 Å². The molecule has 1 saturated heterocycles. The van der Waals surface area contributed by atoms with E-state index in [0.717, 1.165) is 36.9 Å². The molecule has 0 saturated carbocycles. The van der Waals surface area contributed by atoms with Gasteiger partial charge in [-0.3, -0.25) is 4.79 Å². The third-order valence-corrected chi connectivity index (χ3v) is 4.88. The van der Waals surface area contributed by atoms with Crippen molar-refractivity contribution in [3.8, 4) is 5.75 Å². The lowest BCUT2D eigenvalue weighted by molar-refractivity contribution is 0.100. The highest BCUT2D eigenvalue weighted by Gasteiger charge is 2.25. The van der Waals surface area contributed by atoms with Crippen molar-refractivity contribution in [1.29, 1.82) is 0 Å². The fourth-order valence-corrected chi connectivity index (χ4v) is 3.57. The Labute approximate surface area is 117 Å². The molecule has 19 heavy (non-hydrogen) atoms. The number of amides is 1. The molecule has 5 nitrogen and oxygen atoms in total. The number of hydrogen-bond donors (Lipinski definition) is 2. The van der Waals surface area contributed by atoms with Crippen molar-refractivity contribution in [3.63, 3.8) is 0 Å². The number of hydrogen-bond acceptors (Lipinski definition) is 5. The van der Waals surface area contributed by atoms with Crippen LogP contribution in [-0.4, -0.2) is 26.1 Å². The Balaban J connectivity index is 2.32. The number of primary amides is 1. The summed E-state index contributed by atoms with van der Waals surface area (Å²) in [4.78, 5) is 14.0. The van der Waals surface area contributed by atoms with Gasteiger partial charge in [0.25, 0.3) is 5.91 Å². The van der Waals surface area contributed by atoms with E-state index < -0.39 is 5.91 Å². The van der Waals surface area contributed by atoms with Gasteiger partial charge >= 0.3 is 0 Å². The minimum absolute atomic E-state index is 0.368. The topological polar surface area (TPSA) is 81.6 Å². The normalized spacial score (nSPS) is 20.1. The number of carbonyl (C=O) groups excluding carboxylic acids is 1. The third-order valence-electron chi connectivity index (χ3n) is 3.61. The molecule has 0 aromatic carbocycles. The molecule has 1 fully saturated rings. The predicted octanol–water partition coefficient (Wildman–Crippen LogP) is 2.06. The Morgan fingerprint density at radius 2 is 2.16 bits per heavy atom. The Bertz CT molecular complexity index is 473. The molecule has 0 radical (unpaired) electrons. The molecule has 2 rings (SSSR count). The number of carbonyl (C=O) groups is 1. The van der Waals surface area contributed by atoms with Crippen LogP contribution in [0, 0.1) is 5.92 Å². The van der Waals surface area contributed by atoms with E-state index >= 15 is 0 Å². The highest BCUT2D eigenvalue weighted by Crippen LogP contribution is 2.45. The summed E-state index contributed by atoms with van der Waals surface area (Å²) < 4.78 is 5.36. The smallest absolute Gasteiger partial charge is 0.261 e. The van der Waals surface area contributed by atoms with Crippen molar-refractivity contribution in [3.05, 3.63) is 4.88 Å². The van der Waals surface area contributed by atoms with Gasteiger partial charge in [-0.05, 0) is 25.2 Å². The van der Waals surface area contributed by atoms with Crippen molar-refractivity contribution in [1.82, 2.24) is 0 Å². The van der Waals surface area contributed by atoms with Crippen LogP contribution in [-0.2, 0) is 0 Å². The lowest BCUT2D eigenvalue weighted by atomic mass is 10.0. The summed E-state index contributed by atoms with van der Waals surface area (Å²) in [5, 5.41) is 0.933. The molecule has 1 aromatic rings. The van der Waals surface area contributed by atoms with E-state index in [4.69, 9.17) is 16.2 Å². The molecule has 0 spiro atoms. The van der Waals surface area contributed by atoms with Crippen LogP contribution in [0.3, 0.4) is 0 Å². The van der Waals surface area contributed by atoms with Gasteiger partial charge in [0.05, 0.1) is 7.11 Å². The molecule has 1 amide bonds. The van der Waals surface area contributed by atoms with E-state index in [0.29, 0.717) is 16.3 Å². The molecule has 2 heterocycles. The lowest BCUT2D eigenvalue weighted by Crippen LogP contribution is -2.23. The summed E-state index contributed by atoms with van der Waals surface area (Å²) in [6.07, 6.45) is 3.53. The summed E-state index contributed by atoms with van der Waals surface area (Å²) >= 11 is 1.34. The fourth-order valence-electron chi connectivity index (χ4n) is 2.47. The Kier molecular flexibility index (Phi) is 4.19. The van der Waals surface area contributed by atoms with Crippen molar-refractivity contribution in [2.45, 2.75) is 26.2 Å². The second-order valence-corrected chi connectivity index (χ2v) is 6.07. The van der Waals surface area contributed by atoms with Gasteiger partial charge in [-0.2, -0.15) is 0 Å². The van der Waals surface area contributed by atoms with E-state index in [2.05, 4.69) is 11.8 Å². The standard InChI is InChI=1S/C13H21N3O2S/c1-8-4-3-6-16(7-5-8)13-10(18-2)9(14)11(19-13)12(15)17/h8H,3-7,14H2,1-2H3,(H2,15,17). The van der Waals surface area contributed by atoms with E-state index in [-0.39, 0.29) is 0 Å². The Hall–Kier alpha value is -1.43. The number of methoxy groups -OCH3 is 1. The third kappa shape index (κ3) is 2.78. The summed E-state index contributed by atoms with van der Waals surface area (Å²) in [5.41, 5.74) is 11.7. The second kappa shape index (κ2) is 5.69. The zero-order valence-corrected chi connectivity index (χ0v) is 12.3.